The van der Waals surface area contributed by atoms with Crippen molar-refractivity contribution in [2.45, 2.75) is 45.1 Å². The first-order valence-corrected chi connectivity index (χ1v) is 9.99. The monoisotopic (exact) mass is 374 g/mol. The maximum absolute atomic E-state index is 13.0. The zero-order valence-electron chi connectivity index (χ0n) is 16.1. The van der Waals surface area contributed by atoms with Crippen LogP contribution in [0.3, 0.4) is 0 Å². The molecule has 3 rings (SSSR count). The Labute approximate surface area is 161 Å². The molecule has 2 aliphatic rings. The number of fused-ring (bicyclic) bond motifs is 1. The molecule has 1 heterocycles. The van der Waals surface area contributed by atoms with Crippen molar-refractivity contribution >= 4 is 11.8 Å². The van der Waals surface area contributed by atoms with Gasteiger partial charge in [-0.2, -0.15) is 0 Å². The van der Waals surface area contributed by atoms with E-state index in [4.69, 9.17) is 9.47 Å². The van der Waals surface area contributed by atoms with Crippen molar-refractivity contribution < 1.29 is 19.1 Å². The lowest BCUT2D eigenvalue weighted by Crippen LogP contribution is -2.52. The summed E-state index contributed by atoms with van der Waals surface area (Å²) >= 11 is 0. The van der Waals surface area contributed by atoms with Crippen molar-refractivity contribution in [2.75, 3.05) is 32.9 Å². The summed E-state index contributed by atoms with van der Waals surface area (Å²) in [6.45, 7) is 4.24. The molecule has 0 bridgehead atoms. The first kappa shape index (κ1) is 19.7. The topological polar surface area (TPSA) is 67.9 Å². The van der Waals surface area contributed by atoms with Crippen molar-refractivity contribution in [3.63, 3.8) is 0 Å². The molecule has 0 spiro atoms. The molecule has 0 unspecified atom stereocenters. The van der Waals surface area contributed by atoms with E-state index in [9.17, 15) is 9.59 Å². The second-order valence-electron chi connectivity index (χ2n) is 7.41. The number of amides is 2. The highest BCUT2D eigenvalue weighted by molar-refractivity contribution is 5.82. The smallest absolute Gasteiger partial charge is 0.260 e. The molecule has 1 saturated carbocycles. The van der Waals surface area contributed by atoms with E-state index in [0.717, 1.165) is 37.7 Å². The molecular weight excluding hydrogens is 344 g/mol. The average Bonchev–Trinajstić information content (AvgIpc) is 2.71. The third kappa shape index (κ3) is 5.45. The highest BCUT2D eigenvalue weighted by atomic mass is 16.5. The lowest BCUT2D eigenvalue weighted by Gasteiger charge is -2.39. The Bertz CT molecular complexity index is 649. The summed E-state index contributed by atoms with van der Waals surface area (Å²) < 4.78 is 11.3. The lowest BCUT2D eigenvalue weighted by atomic mass is 9.82. The zero-order chi connectivity index (χ0) is 19.1. The van der Waals surface area contributed by atoms with Crippen LogP contribution in [0.4, 0.5) is 0 Å². The number of ether oxygens (including phenoxy) is 2. The Kier molecular flexibility index (Phi) is 7.10. The van der Waals surface area contributed by atoms with E-state index < -0.39 is 0 Å². The van der Waals surface area contributed by atoms with Gasteiger partial charge in [-0.3, -0.25) is 9.59 Å². The number of hydrogen-bond acceptors (Lipinski definition) is 4. The molecule has 0 aromatic heterocycles. The van der Waals surface area contributed by atoms with Crippen molar-refractivity contribution in [3.05, 3.63) is 29.8 Å². The van der Waals surface area contributed by atoms with Crippen molar-refractivity contribution in [2.24, 2.45) is 5.92 Å². The Balaban J connectivity index is 1.71. The number of hydrogen-bond donors (Lipinski definition) is 1. The van der Waals surface area contributed by atoms with Gasteiger partial charge in [0.25, 0.3) is 5.91 Å². The van der Waals surface area contributed by atoms with E-state index in [1.807, 2.05) is 36.1 Å². The van der Waals surface area contributed by atoms with Crippen LogP contribution in [0.25, 0.3) is 0 Å². The number of nitrogens with one attached hydrogen (secondary N) is 1. The molecule has 2 fully saturated rings. The van der Waals surface area contributed by atoms with E-state index in [1.54, 1.807) is 0 Å². The fourth-order valence-corrected chi connectivity index (χ4v) is 4.02. The van der Waals surface area contributed by atoms with Crippen LogP contribution >= 0.6 is 0 Å². The van der Waals surface area contributed by atoms with Gasteiger partial charge in [0.2, 0.25) is 5.91 Å². The van der Waals surface area contributed by atoms with Gasteiger partial charge in [-0.05, 0) is 43.9 Å². The molecule has 1 aliphatic heterocycles. The summed E-state index contributed by atoms with van der Waals surface area (Å²) in [6, 6.07) is 7.64. The van der Waals surface area contributed by atoms with Gasteiger partial charge in [0.1, 0.15) is 5.75 Å². The molecule has 27 heavy (non-hydrogen) atoms. The first-order chi connectivity index (χ1) is 13.1. The first-order valence-electron chi connectivity index (χ1n) is 9.99. The molecule has 1 aliphatic carbocycles. The summed E-state index contributed by atoms with van der Waals surface area (Å²) in [4.78, 5) is 27.5. The van der Waals surface area contributed by atoms with Crippen molar-refractivity contribution in [1.29, 1.82) is 0 Å². The van der Waals surface area contributed by atoms with Crippen LogP contribution in [0.5, 0.6) is 5.75 Å². The summed E-state index contributed by atoms with van der Waals surface area (Å²) in [5.41, 5.74) is 1.09. The molecule has 1 aromatic rings. The molecule has 1 N–H and O–H groups in total. The molecule has 0 radical (unpaired) electrons. The minimum Gasteiger partial charge on any atom is -0.484 e. The minimum absolute atomic E-state index is 0.00481. The van der Waals surface area contributed by atoms with Gasteiger partial charge in [-0.15, -0.1) is 0 Å². The van der Waals surface area contributed by atoms with Gasteiger partial charge in [-0.25, -0.2) is 0 Å². The number of rotatable bonds is 3. The third-order valence-corrected chi connectivity index (χ3v) is 5.37. The Hall–Kier alpha value is -2.08. The number of carbonyl (C=O) groups excluding carboxylic acids is 2. The van der Waals surface area contributed by atoms with Crippen LogP contribution < -0.4 is 10.1 Å². The van der Waals surface area contributed by atoms with E-state index in [-0.39, 0.29) is 30.4 Å². The molecule has 2 atom stereocenters. The van der Waals surface area contributed by atoms with Crippen LogP contribution in [0, 0.1) is 12.8 Å². The average molecular weight is 374 g/mol. The lowest BCUT2D eigenvalue weighted by molar-refractivity contribution is -0.140. The molecule has 148 valence electrons. The van der Waals surface area contributed by atoms with Crippen LogP contribution in [0.15, 0.2) is 24.3 Å². The molecule has 6 heteroatoms. The standard InChI is InChI=1S/C21H30N2O4/c1-16-6-4-7-17(14-16)27-15-20(24)23-11-5-12-26-13-10-22-21(25)18-8-2-3-9-19(18)23/h4,6-7,14,18-19H,2-3,5,8-13,15H2,1H3,(H,22,25)/t18-,19+/m1/s1. The second-order valence-corrected chi connectivity index (χ2v) is 7.41. The summed E-state index contributed by atoms with van der Waals surface area (Å²) in [5.74, 6) is 0.547. The van der Waals surface area contributed by atoms with Crippen molar-refractivity contribution in [1.82, 2.24) is 10.2 Å². The Morgan fingerprint density at radius 2 is 2.11 bits per heavy atom. The SMILES string of the molecule is Cc1cccc(OCC(=O)N2CCCOCCNC(=O)[C@@H]3CCCC[C@@H]32)c1. The highest BCUT2D eigenvalue weighted by Gasteiger charge is 2.37. The summed E-state index contributed by atoms with van der Waals surface area (Å²) in [7, 11) is 0. The number of nitrogens with zero attached hydrogens (tertiary/aromatic N) is 1. The quantitative estimate of drug-likeness (QED) is 0.882. The summed E-state index contributed by atoms with van der Waals surface area (Å²) in [5, 5.41) is 2.97. The molecule has 1 saturated heterocycles. The van der Waals surface area contributed by atoms with Gasteiger partial charge in [0, 0.05) is 25.7 Å². The van der Waals surface area contributed by atoms with Crippen LogP contribution in [0.1, 0.15) is 37.7 Å². The second kappa shape index (κ2) is 9.74. The summed E-state index contributed by atoms with van der Waals surface area (Å²) in [6.07, 6.45) is 4.56. The zero-order valence-corrected chi connectivity index (χ0v) is 16.1. The van der Waals surface area contributed by atoms with E-state index in [1.165, 1.54) is 0 Å². The van der Waals surface area contributed by atoms with Crippen LogP contribution in [-0.2, 0) is 14.3 Å². The number of aryl methyl sites for hydroxylation is 1. The van der Waals surface area contributed by atoms with E-state index >= 15 is 0 Å². The van der Waals surface area contributed by atoms with Crippen LogP contribution in [-0.4, -0.2) is 55.7 Å². The van der Waals surface area contributed by atoms with Gasteiger partial charge >= 0.3 is 0 Å². The largest absolute Gasteiger partial charge is 0.484 e. The maximum Gasteiger partial charge on any atom is 0.260 e. The predicted octanol–water partition coefficient (Wildman–Crippen LogP) is 2.30. The van der Waals surface area contributed by atoms with E-state index in [0.29, 0.717) is 32.1 Å². The molecule has 1 aromatic carbocycles. The Morgan fingerprint density at radius 3 is 2.96 bits per heavy atom. The minimum atomic E-state index is -0.139. The number of carbonyl (C=O) groups is 2. The molecule has 2 amide bonds. The third-order valence-electron chi connectivity index (χ3n) is 5.37. The Morgan fingerprint density at radius 1 is 1.26 bits per heavy atom. The van der Waals surface area contributed by atoms with Crippen molar-refractivity contribution in [3.8, 4) is 5.75 Å². The van der Waals surface area contributed by atoms with Gasteiger partial charge in [0.15, 0.2) is 6.61 Å². The van der Waals surface area contributed by atoms with Crippen LogP contribution in [0.2, 0.25) is 0 Å². The maximum atomic E-state index is 13.0. The normalized spacial score (nSPS) is 24.3. The molecule has 6 nitrogen and oxygen atoms in total. The predicted molar refractivity (Wildman–Crippen MR) is 103 cm³/mol. The molecular formula is C21H30N2O4. The van der Waals surface area contributed by atoms with Gasteiger partial charge in [0.05, 0.1) is 12.5 Å². The fraction of sp³-hybridized carbons (Fsp3) is 0.619. The van der Waals surface area contributed by atoms with Gasteiger partial charge in [-0.1, -0.05) is 25.0 Å². The fourth-order valence-electron chi connectivity index (χ4n) is 4.02. The number of benzene rings is 1. The van der Waals surface area contributed by atoms with E-state index in [2.05, 4.69) is 5.32 Å². The highest BCUT2D eigenvalue weighted by Crippen LogP contribution is 2.29. The van der Waals surface area contributed by atoms with Gasteiger partial charge < -0.3 is 19.7 Å².